The van der Waals surface area contributed by atoms with Gasteiger partial charge in [0.2, 0.25) is 0 Å². The van der Waals surface area contributed by atoms with Crippen molar-refractivity contribution in [3.8, 4) is 0 Å². The summed E-state index contributed by atoms with van der Waals surface area (Å²) < 4.78 is 0. The van der Waals surface area contributed by atoms with Gasteiger partial charge in [-0.25, -0.2) is 0 Å². The Morgan fingerprint density at radius 3 is 2.73 bits per heavy atom. The van der Waals surface area contributed by atoms with E-state index in [-0.39, 0.29) is 5.91 Å². The van der Waals surface area contributed by atoms with Gasteiger partial charge in [0.25, 0.3) is 5.91 Å². The molecule has 3 heteroatoms. The molecule has 2 rings (SSSR count). The normalized spacial score (nSPS) is 17.1. The number of hydrogen-bond acceptors (Lipinski definition) is 2. The van der Waals surface area contributed by atoms with Gasteiger partial charge in [-0.3, -0.25) is 4.79 Å². The average Bonchev–Trinajstić information content (AvgIpc) is 2.27. The van der Waals surface area contributed by atoms with Gasteiger partial charge < -0.3 is 10.0 Å². The number of nitrogens with zero attached hydrogens (tertiary/aromatic N) is 1. The quantitative estimate of drug-likeness (QED) is 0.741. The monoisotopic (exact) mass is 205 g/mol. The van der Waals surface area contributed by atoms with E-state index in [1.165, 1.54) is 18.1 Å². The Bertz CT molecular complexity index is 374. The second-order valence-electron chi connectivity index (χ2n) is 3.95. The van der Waals surface area contributed by atoms with Gasteiger partial charge >= 0.3 is 0 Å². The van der Waals surface area contributed by atoms with Gasteiger partial charge in [0.05, 0.1) is 0 Å². The van der Waals surface area contributed by atoms with E-state index < -0.39 is 6.10 Å². The molecule has 1 aliphatic rings. The van der Waals surface area contributed by atoms with Gasteiger partial charge in [-0.15, -0.1) is 0 Å². The first-order chi connectivity index (χ1) is 7.18. The van der Waals surface area contributed by atoms with E-state index in [0.717, 1.165) is 6.42 Å². The van der Waals surface area contributed by atoms with Crippen molar-refractivity contribution in [3.05, 3.63) is 35.4 Å². The molecule has 0 radical (unpaired) electrons. The lowest BCUT2D eigenvalue weighted by atomic mass is 10.00. The molecule has 0 bridgehead atoms. The van der Waals surface area contributed by atoms with E-state index in [2.05, 4.69) is 6.07 Å². The van der Waals surface area contributed by atoms with Crippen molar-refractivity contribution >= 4 is 5.91 Å². The van der Waals surface area contributed by atoms with Gasteiger partial charge in [-0.2, -0.15) is 0 Å². The highest BCUT2D eigenvalue weighted by atomic mass is 16.3. The molecule has 0 fully saturated rings. The predicted molar refractivity (Wildman–Crippen MR) is 57.2 cm³/mol. The summed E-state index contributed by atoms with van der Waals surface area (Å²) in [4.78, 5) is 13.3. The Labute approximate surface area is 89.3 Å². The number of hydrogen-bond donors (Lipinski definition) is 1. The molecule has 80 valence electrons. The molecule has 15 heavy (non-hydrogen) atoms. The van der Waals surface area contributed by atoms with Crippen LogP contribution in [0.3, 0.4) is 0 Å². The molecule has 0 spiro atoms. The largest absolute Gasteiger partial charge is 0.384 e. The highest BCUT2D eigenvalue weighted by molar-refractivity contribution is 5.80. The molecule has 0 aromatic heterocycles. The minimum absolute atomic E-state index is 0.176. The van der Waals surface area contributed by atoms with Gasteiger partial charge in [-0.05, 0) is 24.5 Å². The number of aliphatic hydroxyl groups is 1. The standard InChI is InChI=1S/C12H15NO2/c1-9(14)12(15)13-7-6-10-4-2-3-5-11(10)8-13/h2-5,9,14H,6-8H2,1H3. The molecule has 1 aliphatic heterocycles. The minimum Gasteiger partial charge on any atom is -0.384 e. The fourth-order valence-corrected chi connectivity index (χ4v) is 1.95. The van der Waals surface area contributed by atoms with Crippen LogP contribution in [0.5, 0.6) is 0 Å². The summed E-state index contributed by atoms with van der Waals surface area (Å²) in [5.74, 6) is -0.176. The third kappa shape index (κ3) is 2.02. The maximum atomic E-state index is 11.6. The lowest BCUT2D eigenvalue weighted by Gasteiger charge is -2.29. The Morgan fingerprint density at radius 2 is 2.07 bits per heavy atom. The molecule has 0 aliphatic carbocycles. The maximum Gasteiger partial charge on any atom is 0.251 e. The third-order valence-corrected chi connectivity index (χ3v) is 2.80. The molecule has 1 aromatic carbocycles. The van der Waals surface area contributed by atoms with E-state index >= 15 is 0 Å². The van der Waals surface area contributed by atoms with Crippen molar-refractivity contribution in [2.75, 3.05) is 6.54 Å². The zero-order chi connectivity index (χ0) is 10.8. The van der Waals surface area contributed by atoms with Gasteiger partial charge in [0, 0.05) is 13.1 Å². The van der Waals surface area contributed by atoms with Crippen LogP contribution in [-0.2, 0) is 17.8 Å². The van der Waals surface area contributed by atoms with Gasteiger partial charge in [0.1, 0.15) is 6.10 Å². The first-order valence-corrected chi connectivity index (χ1v) is 5.22. The van der Waals surface area contributed by atoms with E-state index in [1.807, 2.05) is 18.2 Å². The van der Waals surface area contributed by atoms with Crippen molar-refractivity contribution in [1.82, 2.24) is 4.90 Å². The number of aliphatic hydroxyl groups excluding tert-OH is 1. The van der Waals surface area contributed by atoms with E-state index in [9.17, 15) is 9.90 Å². The van der Waals surface area contributed by atoms with Crippen LogP contribution >= 0.6 is 0 Å². The molecular weight excluding hydrogens is 190 g/mol. The summed E-state index contributed by atoms with van der Waals surface area (Å²) in [5.41, 5.74) is 2.50. The molecule has 1 heterocycles. The van der Waals surface area contributed by atoms with Crippen LogP contribution in [0.25, 0.3) is 0 Å². The molecular formula is C12H15NO2. The molecule has 1 atom stereocenters. The maximum absolute atomic E-state index is 11.6. The van der Waals surface area contributed by atoms with Crippen LogP contribution in [0.2, 0.25) is 0 Å². The lowest BCUT2D eigenvalue weighted by Crippen LogP contribution is -2.41. The van der Waals surface area contributed by atoms with E-state index in [4.69, 9.17) is 0 Å². The van der Waals surface area contributed by atoms with Crippen LogP contribution in [0.1, 0.15) is 18.1 Å². The summed E-state index contributed by atoms with van der Waals surface area (Å²) in [5, 5.41) is 9.23. The van der Waals surface area contributed by atoms with E-state index in [1.54, 1.807) is 4.90 Å². The number of carbonyl (C=O) groups is 1. The van der Waals surface area contributed by atoms with Gasteiger partial charge in [0.15, 0.2) is 0 Å². The van der Waals surface area contributed by atoms with Crippen LogP contribution in [0, 0.1) is 0 Å². The van der Waals surface area contributed by atoms with Crippen molar-refractivity contribution in [2.45, 2.75) is 26.0 Å². The number of amides is 1. The van der Waals surface area contributed by atoms with Crippen molar-refractivity contribution in [1.29, 1.82) is 0 Å². The fraction of sp³-hybridized carbons (Fsp3) is 0.417. The van der Waals surface area contributed by atoms with Crippen molar-refractivity contribution in [3.63, 3.8) is 0 Å². The average molecular weight is 205 g/mol. The van der Waals surface area contributed by atoms with E-state index in [0.29, 0.717) is 13.1 Å². The highest BCUT2D eigenvalue weighted by Gasteiger charge is 2.22. The molecule has 0 saturated carbocycles. The van der Waals surface area contributed by atoms with Crippen molar-refractivity contribution in [2.24, 2.45) is 0 Å². The Balaban J connectivity index is 2.15. The number of benzene rings is 1. The summed E-state index contributed by atoms with van der Waals surface area (Å²) in [6.45, 7) is 2.85. The highest BCUT2D eigenvalue weighted by Crippen LogP contribution is 2.18. The SMILES string of the molecule is CC(O)C(=O)N1CCc2ccccc2C1. The number of rotatable bonds is 1. The minimum atomic E-state index is -0.893. The molecule has 1 unspecified atom stereocenters. The fourth-order valence-electron chi connectivity index (χ4n) is 1.95. The summed E-state index contributed by atoms with van der Waals surface area (Å²) in [6.07, 6.45) is -0.00971. The summed E-state index contributed by atoms with van der Waals surface area (Å²) in [6, 6.07) is 8.14. The molecule has 1 N–H and O–H groups in total. The predicted octanol–water partition coefficient (Wildman–Crippen LogP) is 0.952. The molecule has 3 nitrogen and oxygen atoms in total. The Morgan fingerprint density at radius 1 is 1.40 bits per heavy atom. The topological polar surface area (TPSA) is 40.5 Å². The Kier molecular flexibility index (Phi) is 2.73. The zero-order valence-electron chi connectivity index (χ0n) is 8.81. The zero-order valence-corrected chi connectivity index (χ0v) is 8.81. The third-order valence-electron chi connectivity index (χ3n) is 2.80. The van der Waals surface area contributed by atoms with Gasteiger partial charge in [-0.1, -0.05) is 24.3 Å². The van der Waals surface area contributed by atoms with Crippen LogP contribution < -0.4 is 0 Å². The second kappa shape index (κ2) is 4.03. The summed E-state index contributed by atoms with van der Waals surface area (Å²) >= 11 is 0. The first kappa shape index (κ1) is 10.2. The van der Waals surface area contributed by atoms with Crippen LogP contribution in [0.15, 0.2) is 24.3 Å². The number of fused-ring (bicyclic) bond motifs is 1. The van der Waals surface area contributed by atoms with Crippen LogP contribution in [0.4, 0.5) is 0 Å². The smallest absolute Gasteiger partial charge is 0.251 e. The second-order valence-corrected chi connectivity index (χ2v) is 3.95. The molecule has 0 saturated heterocycles. The summed E-state index contributed by atoms with van der Waals surface area (Å²) in [7, 11) is 0. The van der Waals surface area contributed by atoms with Crippen LogP contribution in [-0.4, -0.2) is 28.6 Å². The number of carbonyl (C=O) groups excluding carboxylic acids is 1. The Hall–Kier alpha value is -1.35. The molecule has 1 aromatic rings. The van der Waals surface area contributed by atoms with Crippen molar-refractivity contribution < 1.29 is 9.90 Å². The molecule has 1 amide bonds. The first-order valence-electron chi connectivity index (χ1n) is 5.22. The lowest BCUT2D eigenvalue weighted by molar-refractivity contribution is -0.140.